The van der Waals surface area contributed by atoms with E-state index < -0.39 is 31.3 Å². The average Bonchev–Trinajstić information content (AvgIpc) is 2.38. The van der Waals surface area contributed by atoms with E-state index in [1.807, 2.05) is 0 Å². The molecule has 0 unspecified atom stereocenters. The Hall–Kier alpha value is -1.15. The number of carbonyl (C=O) groups is 1. The van der Waals surface area contributed by atoms with Crippen LogP contribution in [0, 0.1) is 0 Å². The predicted molar refractivity (Wildman–Crippen MR) is 70.0 cm³/mol. The van der Waals surface area contributed by atoms with Gasteiger partial charge in [-0.3, -0.25) is 4.79 Å². The van der Waals surface area contributed by atoms with Crippen LogP contribution in [0.3, 0.4) is 0 Å². The Kier molecular flexibility index (Phi) is 5.09. The maximum atomic E-state index is 12.0. The zero-order valence-corrected chi connectivity index (χ0v) is 11.1. The SMILES string of the molecule is Nc1ccc(Br)c(C(=O)NC(CO)(CO)CO)c1. The molecule has 6 N–H and O–H groups in total. The van der Waals surface area contributed by atoms with Gasteiger partial charge in [-0.1, -0.05) is 0 Å². The maximum absolute atomic E-state index is 12.0. The number of nitrogen functional groups attached to an aromatic ring is 1. The van der Waals surface area contributed by atoms with Crippen molar-refractivity contribution in [1.82, 2.24) is 5.32 Å². The number of aliphatic hydroxyl groups is 3. The van der Waals surface area contributed by atoms with Crippen LogP contribution in [0.1, 0.15) is 10.4 Å². The number of nitrogens with one attached hydrogen (secondary N) is 1. The molecule has 0 aliphatic rings. The standard InChI is InChI=1S/C11H15BrN2O4/c12-9-2-1-7(13)3-8(9)10(18)14-11(4-15,5-16)6-17/h1-3,15-17H,4-6,13H2,(H,14,18). The highest BCUT2D eigenvalue weighted by molar-refractivity contribution is 9.10. The molecule has 0 heterocycles. The van der Waals surface area contributed by atoms with E-state index in [-0.39, 0.29) is 5.56 Å². The van der Waals surface area contributed by atoms with Crippen LogP contribution in [0.4, 0.5) is 5.69 Å². The minimum Gasteiger partial charge on any atom is -0.399 e. The first kappa shape index (κ1) is 14.9. The zero-order chi connectivity index (χ0) is 13.8. The Balaban J connectivity index is 2.97. The van der Waals surface area contributed by atoms with Crippen LogP contribution < -0.4 is 11.1 Å². The smallest absolute Gasteiger partial charge is 0.253 e. The highest BCUT2D eigenvalue weighted by Crippen LogP contribution is 2.20. The van der Waals surface area contributed by atoms with Gasteiger partial charge < -0.3 is 26.4 Å². The molecule has 0 saturated heterocycles. The van der Waals surface area contributed by atoms with E-state index in [9.17, 15) is 4.79 Å². The van der Waals surface area contributed by atoms with Gasteiger partial charge in [-0.2, -0.15) is 0 Å². The average molecular weight is 319 g/mol. The summed E-state index contributed by atoms with van der Waals surface area (Å²) < 4.78 is 0.525. The third kappa shape index (κ3) is 3.20. The van der Waals surface area contributed by atoms with Gasteiger partial charge in [0.05, 0.1) is 25.4 Å². The van der Waals surface area contributed by atoms with Gasteiger partial charge in [-0.25, -0.2) is 0 Å². The second kappa shape index (κ2) is 6.14. The molecular formula is C11H15BrN2O4. The lowest BCUT2D eigenvalue weighted by Gasteiger charge is -2.28. The molecule has 0 bridgehead atoms. The summed E-state index contributed by atoms with van der Waals surface area (Å²) in [6.45, 7) is -1.73. The van der Waals surface area contributed by atoms with E-state index in [4.69, 9.17) is 21.1 Å². The number of hydrogen-bond donors (Lipinski definition) is 5. The topological polar surface area (TPSA) is 116 Å². The van der Waals surface area contributed by atoms with E-state index in [1.54, 1.807) is 12.1 Å². The van der Waals surface area contributed by atoms with E-state index in [0.717, 1.165) is 0 Å². The van der Waals surface area contributed by atoms with Crippen molar-refractivity contribution in [3.63, 3.8) is 0 Å². The molecule has 1 aromatic carbocycles. The van der Waals surface area contributed by atoms with Crippen molar-refractivity contribution in [2.45, 2.75) is 5.54 Å². The minimum absolute atomic E-state index is 0.259. The predicted octanol–water partition coefficient (Wildman–Crippen LogP) is -0.523. The first-order valence-corrected chi connectivity index (χ1v) is 5.97. The number of halogens is 1. The van der Waals surface area contributed by atoms with Crippen LogP contribution in [0.2, 0.25) is 0 Å². The third-order valence-corrected chi connectivity index (χ3v) is 3.21. The number of carbonyl (C=O) groups excluding carboxylic acids is 1. The Labute approximate surface area is 113 Å². The van der Waals surface area contributed by atoms with Crippen LogP contribution in [0.5, 0.6) is 0 Å². The first-order valence-electron chi connectivity index (χ1n) is 5.18. The lowest BCUT2D eigenvalue weighted by molar-refractivity contribution is 0.0375. The lowest BCUT2D eigenvalue weighted by atomic mass is 10.0. The summed E-state index contributed by atoms with van der Waals surface area (Å²) in [6.07, 6.45) is 0. The third-order valence-electron chi connectivity index (χ3n) is 2.52. The Bertz CT molecular complexity index is 427. The summed E-state index contributed by atoms with van der Waals surface area (Å²) in [7, 11) is 0. The van der Waals surface area contributed by atoms with Gasteiger partial charge in [0.1, 0.15) is 5.54 Å². The second-order valence-electron chi connectivity index (χ2n) is 3.95. The minimum atomic E-state index is -1.46. The summed E-state index contributed by atoms with van der Waals surface area (Å²) >= 11 is 3.20. The highest BCUT2D eigenvalue weighted by atomic mass is 79.9. The van der Waals surface area contributed by atoms with Crippen molar-refractivity contribution >= 4 is 27.5 Å². The first-order chi connectivity index (χ1) is 8.48. The van der Waals surface area contributed by atoms with Gasteiger partial charge in [-0.15, -0.1) is 0 Å². The van der Waals surface area contributed by atoms with Crippen molar-refractivity contribution in [3.8, 4) is 0 Å². The molecule has 0 fully saturated rings. The van der Waals surface area contributed by atoms with Gasteiger partial charge in [0.25, 0.3) is 5.91 Å². The summed E-state index contributed by atoms with van der Waals surface area (Å²) in [5, 5.41) is 29.8. The molecule has 0 aromatic heterocycles. The van der Waals surface area contributed by atoms with Crippen LogP contribution in [0.15, 0.2) is 22.7 Å². The molecule has 1 aromatic rings. The van der Waals surface area contributed by atoms with E-state index in [0.29, 0.717) is 10.2 Å². The number of nitrogens with two attached hydrogens (primary N) is 1. The monoisotopic (exact) mass is 318 g/mol. The molecule has 1 amide bonds. The molecular weight excluding hydrogens is 304 g/mol. The summed E-state index contributed by atoms with van der Waals surface area (Å²) in [4.78, 5) is 12.0. The molecule has 100 valence electrons. The highest BCUT2D eigenvalue weighted by Gasteiger charge is 2.30. The maximum Gasteiger partial charge on any atom is 0.253 e. The Morgan fingerprint density at radius 3 is 2.33 bits per heavy atom. The fourth-order valence-corrected chi connectivity index (χ4v) is 1.72. The molecule has 1 rings (SSSR count). The van der Waals surface area contributed by atoms with Crippen LogP contribution in [-0.4, -0.2) is 46.6 Å². The number of benzene rings is 1. The van der Waals surface area contributed by atoms with Crippen molar-refractivity contribution in [2.75, 3.05) is 25.6 Å². The largest absolute Gasteiger partial charge is 0.399 e. The van der Waals surface area contributed by atoms with E-state index >= 15 is 0 Å². The van der Waals surface area contributed by atoms with Gasteiger partial charge in [0.2, 0.25) is 0 Å². The van der Waals surface area contributed by atoms with Crippen LogP contribution in [0.25, 0.3) is 0 Å². The number of aliphatic hydroxyl groups excluding tert-OH is 3. The van der Waals surface area contributed by atoms with E-state index in [2.05, 4.69) is 21.2 Å². The van der Waals surface area contributed by atoms with Crippen LogP contribution in [-0.2, 0) is 0 Å². The molecule has 0 radical (unpaired) electrons. The van der Waals surface area contributed by atoms with Gasteiger partial charge in [0.15, 0.2) is 0 Å². The zero-order valence-electron chi connectivity index (χ0n) is 9.56. The molecule has 7 heteroatoms. The molecule has 0 aliphatic heterocycles. The van der Waals surface area contributed by atoms with Crippen LogP contribution >= 0.6 is 15.9 Å². The number of rotatable bonds is 5. The molecule has 0 saturated carbocycles. The van der Waals surface area contributed by atoms with Crippen molar-refractivity contribution < 1.29 is 20.1 Å². The fraction of sp³-hybridized carbons (Fsp3) is 0.364. The number of anilines is 1. The Morgan fingerprint density at radius 2 is 1.83 bits per heavy atom. The normalized spacial score (nSPS) is 11.3. The van der Waals surface area contributed by atoms with Gasteiger partial charge in [0, 0.05) is 10.2 Å². The number of hydrogen-bond acceptors (Lipinski definition) is 5. The van der Waals surface area contributed by atoms with Crippen molar-refractivity contribution in [3.05, 3.63) is 28.2 Å². The second-order valence-corrected chi connectivity index (χ2v) is 4.80. The summed E-state index contributed by atoms with van der Waals surface area (Å²) in [5.74, 6) is -0.550. The fourth-order valence-electron chi connectivity index (χ4n) is 1.29. The molecule has 0 spiro atoms. The lowest BCUT2D eigenvalue weighted by Crippen LogP contribution is -2.57. The molecule has 6 nitrogen and oxygen atoms in total. The Morgan fingerprint density at radius 1 is 1.28 bits per heavy atom. The molecule has 18 heavy (non-hydrogen) atoms. The molecule has 0 aliphatic carbocycles. The molecule has 0 atom stereocenters. The van der Waals surface area contributed by atoms with Gasteiger partial charge >= 0.3 is 0 Å². The van der Waals surface area contributed by atoms with Crippen molar-refractivity contribution in [2.24, 2.45) is 0 Å². The quantitative estimate of drug-likeness (QED) is 0.468. The number of amides is 1. The van der Waals surface area contributed by atoms with Gasteiger partial charge in [-0.05, 0) is 34.1 Å². The van der Waals surface area contributed by atoms with Crippen molar-refractivity contribution in [1.29, 1.82) is 0 Å². The summed E-state index contributed by atoms with van der Waals surface area (Å²) in [5.41, 5.74) is 4.79. The summed E-state index contributed by atoms with van der Waals surface area (Å²) in [6, 6.07) is 4.69. The van der Waals surface area contributed by atoms with E-state index in [1.165, 1.54) is 6.07 Å².